The fraction of sp³-hybridized carbons (Fsp3) is 0.952. The van der Waals surface area contributed by atoms with E-state index in [1.54, 1.807) is 0 Å². The van der Waals surface area contributed by atoms with Crippen molar-refractivity contribution in [2.75, 3.05) is 26.3 Å². The normalized spacial score (nSPS) is 11.1. The Labute approximate surface area is 299 Å². The maximum atomic E-state index is 11.9. The minimum absolute atomic E-state index is 0.274. The van der Waals surface area contributed by atoms with Crippen molar-refractivity contribution in [3.8, 4) is 0 Å². The minimum atomic E-state index is -0.274. The molecule has 0 bridgehead atoms. The molecule has 0 saturated heterocycles. The van der Waals surface area contributed by atoms with Crippen LogP contribution in [0.3, 0.4) is 0 Å². The Bertz CT molecular complexity index is 591. The molecular weight excluding hydrogens is 596 g/mol. The van der Waals surface area contributed by atoms with E-state index >= 15 is 0 Å². The third-order valence-corrected chi connectivity index (χ3v) is 9.60. The van der Waals surface area contributed by atoms with Crippen molar-refractivity contribution < 1.29 is 19.1 Å². The summed E-state index contributed by atoms with van der Waals surface area (Å²) >= 11 is 0. The third kappa shape index (κ3) is 40.7. The van der Waals surface area contributed by atoms with Crippen molar-refractivity contribution in [2.45, 2.75) is 232 Å². The van der Waals surface area contributed by atoms with E-state index < -0.39 is 0 Å². The van der Waals surface area contributed by atoms with Gasteiger partial charge in [-0.2, -0.15) is 0 Å². The molecule has 0 radical (unpaired) electrons. The van der Waals surface area contributed by atoms with Crippen LogP contribution in [0.15, 0.2) is 0 Å². The number of carbonyl (C=O) groups excluding carboxylic acids is 2. The molecule has 286 valence electrons. The smallest absolute Gasteiger partial charge is 0.407 e. The van der Waals surface area contributed by atoms with Gasteiger partial charge >= 0.3 is 12.2 Å². The molecule has 0 aliphatic heterocycles. The Morgan fingerprint density at radius 2 is 0.521 bits per heavy atom. The van der Waals surface area contributed by atoms with E-state index in [0.717, 1.165) is 64.5 Å². The average molecular weight is 681 g/mol. The number of amides is 2. The molecule has 0 aliphatic carbocycles. The number of unbranched alkanes of at least 4 members (excludes halogenated alkanes) is 31. The summed E-state index contributed by atoms with van der Waals surface area (Å²) in [6.07, 6.45) is 43.2. The molecule has 0 aliphatic rings. The van der Waals surface area contributed by atoms with Gasteiger partial charge in [-0.1, -0.05) is 206 Å². The number of carbonyl (C=O) groups is 2. The number of ether oxygens (including phenoxy) is 2. The van der Waals surface area contributed by atoms with Crippen LogP contribution in [0, 0.1) is 0 Å². The first-order valence-electron chi connectivity index (χ1n) is 21.5. The Balaban J connectivity index is 3.23. The van der Waals surface area contributed by atoms with Crippen molar-refractivity contribution in [1.29, 1.82) is 0 Å². The molecule has 0 heterocycles. The predicted octanol–water partition coefficient (Wildman–Crippen LogP) is 13.7. The summed E-state index contributed by atoms with van der Waals surface area (Å²) in [5.41, 5.74) is 0. The van der Waals surface area contributed by atoms with Crippen LogP contribution in [-0.2, 0) is 9.47 Å². The van der Waals surface area contributed by atoms with Crippen molar-refractivity contribution in [1.82, 2.24) is 10.6 Å². The molecule has 48 heavy (non-hydrogen) atoms. The lowest BCUT2D eigenvalue weighted by Crippen LogP contribution is -2.25. The van der Waals surface area contributed by atoms with Gasteiger partial charge in [-0.05, 0) is 25.7 Å². The molecule has 0 spiro atoms. The molecular formula is C42H84N2O4. The van der Waals surface area contributed by atoms with Gasteiger partial charge in [0, 0.05) is 13.1 Å². The molecule has 2 amide bonds. The van der Waals surface area contributed by atoms with Crippen molar-refractivity contribution in [2.24, 2.45) is 0 Å². The fourth-order valence-electron chi connectivity index (χ4n) is 6.36. The van der Waals surface area contributed by atoms with Gasteiger partial charge in [0.15, 0.2) is 0 Å². The van der Waals surface area contributed by atoms with Crippen LogP contribution in [0.25, 0.3) is 0 Å². The van der Waals surface area contributed by atoms with Crippen molar-refractivity contribution in [3.63, 3.8) is 0 Å². The second-order valence-corrected chi connectivity index (χ2v) is 14.4. The lowest BCUT2D eigenvalue weighted by atomic mass is 10.0. The average Bonchev–Trinajstić information content (AvgIpc) is 3.09. The summed E-state index contributed by atoms with van der Waals surface area (Å²) in [6, 6.07) is 0. The van der Waals surface area contributed by atoms with Gasteiger partial charge in [0.25, 0.3) is 0 Å². The van der Waals surface area contributed by atoms with Crippen molar-refractivity contribution in [3.05, 3.63) is 0 Å². The zero-order chi connectivity index (χ0) is 34.9. The van der Waals surface area contributed by atoms with E-state index in [1.165, 1.54) is 167 Å². The van der Waals surface area contributed by atoms with E-state index in [1.807, 2.05) is 0 Å². The lowest BCUT2D eigenvalue weighted by molar-refractivity contribution is 0.141. The van der Waals surface area contributed by atoms with E-state index in [9.17, 15) is 9.59 Å². The van der Waals surface area contributed by atoms with Gasteiger partial charge < -0.3 is 20.1 Å². The van der Waals surface area contributed by atoms with Crippen LogP contribution in [-0.4, -0.2) is 38.5 Å². The van der Waals surface area contributed by atoms with Crippen molar-refractivity contribution >= 4 is 12.2 Å². The molecule has 6 nitrogen and oxygen atoms in total. The largest absolute Gasteiger partial charge is 0.450 e. The predicted molar refractivity (Wildman–Crippen MR) is 207 cm³/mol. The first-order valence-corrected chi connectivity index (χ1v) is 21.5. The van der Waals surface area contributed by atoms with Gasteiger partial charge in [-0.3, -0.25) is 0 Å². The first-order chi connectivity index (χ1) is 23.7. The molecule has 6 heteroatoms. The van der Waals surface area contributed by atoms with Gasteiger partial charge in [0.05, 0.1) is 13.2 Å². The summed E-state index contributed by atoms with van der Waals surface area (Å²) in [4.78, 5) is 23.7. The molecule has 0 unspecified atom stereocenters. The molecule has 0 aromatic carbocycles. The maximum Gasteiger partial charge on any atom is 0.407 e. The molecule has 0 fully saturated rings. The number of nitrogens with one attached hydrogen (secondary N) is 2. The summed E-state index contributed by atoms with van der Waals surface area (Å²) < 4.78 is 10.6. The van der Waals surface area contributed by atoms with Crippen LogP contribution >= 0.6 is 0 Å². The highest BCUT2D eigenvalue weighted by Crippen LogP contribution is 2.14. The second kappa shape index (κ2) is 41.7. The minimum Gasteiger partial charge on any atom is -0.450 e. The van der Waals surface area contributed by atoms with Gasteiger partial charge in [-0.15, -0.1) is 0 Å². The summed E-state index contributed by atoms with van der Waals surface area (Å²) in [6.45, 7) is 6.98. The summed E-state index contributed by atoms with van der Waals surface area (Å²) in [5.74, 6) is 0. The monoisotopic (exact) mass is 681 g/mol. The number of rotatable bonds is 39. The van der Waals surface area contributed by atoms with Crippen LogP contribution in [0.1, 0.15) is 232 Å². The fourth-order valence-corrected chi connectivity index (χ4v) is 6.36. The summed E-state index contributed by atoms with van der Waals surface area (Å²) in [7, 11) is 0. The zero-order valence-electron chi connectivity index (χ0n) is 32.5. The van der Waals surface area contributed by atoms with E-state index in [-0.39, 0.29) is 12.2 Å². The lowest BCUT2D eigenvalue weighted by Gasteiger charge is -2.08. The van der Waals surface area contributed by atoms with E-state index in [2.05, 4.69) is 24.5 Å². The Hall–Kier alpha value is -1.46. The van der Waals surface area contributed by atoms with E-state index in [0.29, 0.717) is 13.2 Å². The second-order valence-electron chi connectivity index (χ2n) is 14.4. The Morgan fingerprint density at radius 1 is 0.312 bits per heavy atom. The van der Waals surface area contributed by atoms with Crippen LogP contribution in [0.4, 0.5) is 9.59 Å². The zero-order valence-corrected chi connectivity index (χ0v) is 32.5. The molecule has 0 saturated carbocycles. The SMILES string of the molecule is CCCCCCCCCCCCCCCCNC(=O)OCCCCCCCCOC(=O)NCCCCCCCCCCCCCCCC. The van der Waals surface area contributed by atoms with Crippen LogP contribution in [0.2, 0.25) is 0 Å². The molecule has 0 aromatic rings. The quantitative estimate of drug-likeness (QED) is 0.0634. The topological polar surface area (TPSA) is 76.7 Å². The highest BCUT2D eigenvalue weighted by atomic mass is 16.6. The Morgan fingerprint density at radius 3 is 0.771 bits per heavy atom. The third-order valence-electron chi connectivity index (χ3n) is 9.60. The van der Waals surface area contributed by atoms with Gasteiger partial charge in [0.1, 0.15) is 0 Å². The van der Waals surface area contributed by atoms with Gasteiger partial charge in [-0.25, -0.2) is 9.59 Å². The van der Waals surface area contributed by atoms with E-state index in [4.69, 9.17) is 9.47 Å². The Kier molecular flexibility index (Phi) is 40.4. The highest BCUT2D eigenvalue weighted by Gasteiger charge is 2.03. The summed E-state index contributed by atoms with van der Waals surface area (Å²) in [5, 5.41) is 5.78. The molecule has 2 N–H and O–H groups in total. The first kappa shape index (κ1) is 46.5. The molecule has 0 rings (SSSR count). The molecule has 0 atom stereocenters. The number of alkyl carbamates (subject to hydrolysis) is 2. The van der Waals surface area contributed by atoms with Crippen LogP contribution < -0.4 is 10.6 Å². The van der Waals surface area contributed by atoms with Gasteiger partial charge in [0.2, 0.25) is 0 Å². The number of hydrogen-bond donors (Lipinski definition) is 2. The number of hydrogen-bond acceptors (Lipinski definition) is 4. The highest BCUT2D eigenvalue weighted by molar-refractivity contribution is 5.67. The van der Waals surface area contributed by atoms with Crippen LogP contribution in [0.5, 0.6) is 0 Å². The maximum absolute atomic E-state index is 11.9. The standard InChI is InChI=1S/C42H84N2O4/c1-3-5-7-9-11-13-15-17-19-21-23-25-29-33-37-43-41(45)47-39-35-31-27-28-32-36-40-48-42(46)44-38-34-30-26-24-22-20-18-16-14-12-10-8-6-4-2/h3-40H2,1-2H3,(H,43,45)(H,44,46). The molecule has 0 aromatic heterocycles.